The van der Waals surface area contributed by atoms with Crippen LogP contribution in [0.2, 0.25) is 0 Å². The molecule has 1 saturated heterocycles. The van der Waals surface area contributed by atoms with Gasteiger partial charge >= 0.3 is 6.18 Å². The van der Waals surface area contributed by atoms with Crippen LogP contribution in [0.3, 0.4) is 0 Å². The molecule has 0 aliphatic carbocycles. The van der Waals surface area contributed by atoms with Crippen LogP contribution in [0.15, 0.2) is 6.07 Å². The number of piperidine rings is 1. The van der Waals surface area contributed by atoms with Gasteiger partial charge in [-0.15, -0.1) is 0 Å². The fourth-order valence-corrected chi connectivity index (χ4v) is 2.97. The van der Waals surface area contributed by atoms with Crippen molar-refractivity contribution in [1.29, 1.82) is 0 Å². The molecule has 1 amide bonds. The third-order valence-electron chi connectivity index (χ3n) is 4.00. The molecule has 5 nitrogen and oxygen atoms in total. The third-order valence-corrected chi connectivity index (χ3v) is 4.00. The average Bonchev–Trinajstić information content (AvgIpc) is 2.78. The number of likely N-dealkylation sites (tertiary alicyclic amines) is 1. The normalized spacial score (nSPS) is 23.2. The number of carbonyl (C=O) groups excluding carboxylic acids is 1. The highest BCUT2D eigenvalue weighted by atomic mass is 19.4. The summed E-state index contributed by atoms with van der Waals surface area (Å²) in [6.07, 6.45) is -4.38. The molecule has 130 valence electrons. The maximum Gasteiger partial charge on any atom is 0.408 e. The predicted molar refractivity (Wildman–Crippen MR) is 80.0 cm³/mol. The largest absolute Gasteiger partial charge is 0.408 e. The van der Waals surface area contributed by atoms with E-state index in [1.807, 2.05) is 20.8 Å². The molecule has 0 aromatic carbocycles. The fraction of sp³-hybridized carbons (Fsp3) is 0.733. The number of nitrogens with two attached hydrogens (primary N) is 1. The second-order valence-corrected chi connectivity index (χ2v) is 7.11. The molecule has 2 atom stereocenters. The van der Waals surface area contributed by atoms with Crippen LogP contribution in [0.4, 0.5) is 13.2 Å². The van der Waals surface area contributed by atoms with Gasteiger partial charge in [-0.1, -0.05) is 0 Å². The van der Waals surface area contributed by atoms with Crippen LogP contribution >= 0.6 is 0 Å². The summed E-state index contributed by atoms with van der Waals surface area (Å²) >= 11 is 0. The molecule has 0 bridgehead atoms. The van der Waals surface area contributed by atoms with Gasteiger partial charge in [-0.25, -0.2) is 0 Å². The zero-order chi connectivity index (χ0) is 17.6. The van der Waals surface area contributed by atoms with Crippen molar-refractivity contribution in [3.05, 3.63) is 17.5 Å². The van der Waals surface area contributed by atoms with Crippen molar-refractivity contribution in [2.24, 2.45) is 5.73 Å². The van der Waals surface area contributed by atoms with Crippen LogP contribution in [0.25, 0.3) is 0 Å². The van der Waals surface area contributed by atoms with Gasteiger partial charge in [0.2, 0.25) is 0 Å². The second-order valence-electron chi connectivity index (χ2n) is 7.11. The zero-order valence-electron chi connectivity index (χ0n) is 13.8. The molecule has 1 fully saturated rings. The Hall–Kier alpha value is -1.57. The number of alkyl halides is 3. The Labute approximate surface area is 133 Å². The highest BCUT2D eigenvalue weighted by Crippen LogP contribution is 2.32. The zero-order valence-corrected chi connectivity index (χ0v) is 13.8. The van der Waals surface area contributed by atoms with Gasteiger partial charge in [0.05, 0.1) is 5.54 Å². The standard InChI is InChI=1S/C15H23F3N4O/c1-9-7-11(20-22(9)14(2,3)4)13(23)21-8-10(19)5-6-12(21)15(16,17)18/h7,10,12H,5-6,8,19H2,1-4H3/t10-,12-/m0/s1. The van der Waals surface area contributed by atoms with E-state index in [0.29, 0.717) is 0 Å². The average molecular weight is 332 g/mol. The summed E-state index contributed by atoms with van der Waals surface area (Å²) < 4.78 is 41.3. The molecule has 0 radical (unpaired) electrons. The van der Waals surface area contributed by atoms with Crippen molar-refractivity contribution >= 4 is 5.91 Å². The van der Waals surface area contributed by atoms with Crippen molar-refractivity contribution in [1.82, 2.24) is 14.7 Å². The van der Waals surface area contributed by atoms with Crippen LogP contribution < -0.4 is 5.73 Å². The third kappa shape index (κ3) is 3.68. The maximum absolute atomic E-state index is 13.2. The van der Waals surface area contributed by atoms with E-state index in [1.165, 1.54) is 6.07 Å². The van der Waals surface area contributed by atoms with Crippen LogP contribution in [0.1, 0.15) is 49.8 Å². The number of aromatic nitrogens is 2. The number of hydrogen-bond donors (Lipinski definition) is 1. The minimum absolute atomic E-state index is 0.0285. The van der Waals surface area contributed by atoms with Gasteiger partial charge in [-0.05, 0) is 46.6 Å². The Kier molecular flexibility index (Phi) is 4.49. The molecule has 2 rings (SSSR count). The first-order valence-corrected chi connectivity index (χ1v) is 7.61. The molecule has 1 aliphatic heterocycles. The number of nitrogens with zero attached hydrogens (tertiary/aromatic N) is 3. The van der Waals surface area contributed by atoms with E-state index in [1.54, 1.807) is 11.6 Å². The molecule has 1 aromatic heterocycles. The summed E-state index contributed by atoms with van der Waals surface area (Å²) in [6.45, 7) is 7.41. The van der Waals surface area contributed by atoms with Gasteiger partial charge in [-0.2, -0.15) is 18.3 Å². The SMILES string of the molecule is Cc1cc(C(=O)N2C[C@@H](N)CC[C@H]2C(F)(F)F)nn1C(C)(C)C. The summed E-state index contributed by atoms with van der Waals surface area (Å²) in [4.78, 5) is 13.4. The Morgan fingerprint density at radius 2 is 1.91 bits per heavy atom. The number of aryl methyl sites for hydroxylation is 1. The van der Waals surface area contributed by atoms with Crippen molar-refractivity contribution in [2.75, 3.05) is 6.54 Å². The minimum atomic E-state index is -4.46. The summed E-state index contributed by atoms with van der Waals surface area (Å²) in [5.41, 5.74) is 6.16. The lowest BCUT2D eigenvalue weighted by molar-refractivity contribution is -0.184. The highest BCUT2D eigenvalue weighted by molar-refractivity contribution is 5.92. The van der Waals surface area contributed by atoms with Gasteiger partial charge in [0.15, 0.2) is 5.69 Å². The first kappa shape index (κ1) is 17.8. The molecule has 23 heavy (non-hydrogen) atoms. The van der Waals surface area contributed by atoms with Crippen LogP contribution in [-0.2, 0) is 5.54 Å². The van der Waals surface area contributed by atoms with Gasteiger partial charge < -0.3 is 10.6 Å². The van der Waals surface area contributed by atoms with Crippen LogP contribution in [0, 0.1) is 6.92 Å². The molecule has 0 unspecified atom stereocenters. The summed E-state index contributed by atoms with van der Waals surface area (Å²) in [5, 5.41) is 4.22. The van der Waals surface area contributed by atoms with Crippen molar-refractivity contribution in [2.45, 2.75) is 64.3 Å². The van der Waals surface area contributed by atoms with Gasteiger partial charge in [0.25, 0.3) is 5.91 Å². The van der Waals surface area contributed by atoms with Gasteiger partial charge in [0.1, 0.15) is 6.04 Å². The number of hydrogen-bond acceptors (Lipinski definition) is 3. The van der Waals surface area contributed by atoms with E-state index in [4.69, 9.17) is 5.73 Å². The Balaban J connectivity index is 2.34. The summed E-state index contributed by atoms with van der Waals surface area (Å²) in [7, 11) is 0. The maximum atomic E-state index is 13.2. The van der Waals surface area contributed by atoms with Crippen molar-refractivity contribution < 1.29 is 18.0 Å². The Morgan fingerprint density at radius 1 is 1.30 bits per heavy atom. The first-order valence-electron chi connectivity index (χ1n) is 7.61. The van der Waals surface area contributed by atoms with Crippen molar-refractivity contribution in [3.8, 4) is 0 Å². The summed E-state index contributed by atoms with van der Waals surface area (Å²) in [5.74, 6) is -0.714. The van der Waals surface area contributed by atoms with Crippen molar-refractivity contribution in [3.63, 3.8) is 0 Å². The number of amides is 1. The molecule has 0 saturated carbocycles. The van der Waals surface area contributed by atoms with Crippen LogP contribution in [-0.4, -0.2) is 45.4 Å². The second kappa shape index (κ2) is 5.81. The van der Waals surface area contributed by atoms with Gasteiger partial charge in [0, 0.05) is 18.3 Å². The van der Waals surface area contributed by atoms with E-state index in [9.17, 15) is 18.0 Å². The Bertz CT molecular complexity index is 589. The molecule has 2 N–H and O–H groups in total. The smallest absolute Gasteiger partial charge is 0.326 e. The lowest BCUT2D eigenvalue weighted by Crippen LogP contribution is -2.56. The molecule has 8 heteroatoms. The highest BCUT2D eigenvalue weighted by Gasteiger charge is 2.48. The number of halogens is 3. The first-order chi connectivity index (χ1) is 10.4. The summed E-state index contributed by atoms with van der Waals surface area (Å²) in [6, 6.07) is -0.709. The van der Waals surface area contributed by atoms with Gasteiger partial charge in [-0.3, -0.25) is 9.48 Å². The molecule has 2 heterocycles. The molecular formula is C15H23F3N4O. The molecule has 0 spiro atoms. The molecule has 1 aliphatic rings. The quantitative estimate of drug-likeness (QED) is 0.859. The van der Waals surface area contributed by atoms with E-state index >= 15 is 0 Å². The Morgan fingerprint density at radius 3 is 2.39 bits per heavy atom. The number of rotatable bonds is 1. The number of carbonyl (C=O) groups is 1. The fourth-order valence-electron chi connectivity index (χ4n) is 2.97. The topological polar surface area (TPSA) is 64.2 Å². The minimum Gasteiger partial charge on any atom is -0.326 e. The monoisotopic (exact) mass is 332 g/mol. The van der Waals surface area contributed by atoms with E-state index in [-0.39, 0.29) is 30.6 Å². The van der Waals surface area contributed by atoms with E-state index in [2.05, 4.69) is 5.10 Å². The molecular weight excluding hydrogens is 309 g/mol. The predicted octanol–water partition coefficient (Wildman–Crippen LogP) is 2.44. The van der Waals surface area contributed by atoms with E-state index < -0.39 is 24.2 Å². The van der Waals surface area contributed by atoms with E-state index in [0.717, 1.165) is 10.6 Å². The lowest BCUT2D eigenvalue weighted by atomic mass is 9.98. The lowest BCUT2D eigenvalue weighted by Gasteiger charge is -2.38. The molecule has 1 aromatic rings. The van der Waals surface area contributed by atoms with Crippen LogP contribution in [0.5, 0.6) is 0 Å².